The van der Waals surface area contributed by atoms with Crippen LogP contribution in [0.25, 0.3) is 0 Å². The van der Waals surface area contributed by atoms with Crippen LogP contribution in [-0.2, 0) is 27.7 Å². The molecule has 2 N–H and O–H groups in total. The average Bonchev–Trinajstić information content (AvgIpc) is 3.24. The third-order valence-corrected chi connectivity index (χ3v) is 9.09. The first kappa shape index (κ1) is 22.6. The highest BCUT2D eigenvalue weighted by molar-refractivity contribution is 7.92. The summed E-state index contributed by atoms with van der Waals surface area (Å²) in [6, 6.07) is 11.2. The predicted molar refractivity (Wildman–Crippen MR) is 129 cm³/mol. The van der Waals surface area contributed by atoms with Gasteiger partial charge in [-0.05, 0) is 53.6 Å². The van der Waals surface area contributed by atoms with Gasteiger partial charge in [-0.25, -0.2) is 13.3 Å². The number of primary amides is 1. The van der Waals surface area contributed by atoms with Crippen molar-refractivity contribution in [1.29, 1.82) is 0 Å². The first-order valence-corrected chi connectivity index (χ1v) is 13.1. The number of nitrogens with two attached hydrogens (primary N) is 1. The number of amides is 3. The van der Waals surface area contributed by atoms with E-state index in [4.69, 9.17) is 17.3 Å². The Morgan fingerprint density at radius 2 is 1.82 bits per heavy atom. The number of aryl methyl sites for hydroxylation is 1. The molecule has 0 fully saturated rings. The number of thiophene rings is 1. The van der Waals surface area contributed by atoms with Crippen molar-refractivity contribution in [3.05, 3.63) is 74.4 Å². The van der Waals surface area contributed by atoms with Gasteiger partial charge in [0.25, 0.3) is 21.8 Å². The minimum atomic E-state index is -4.01. The molecule has 0 aliphatic carbocycles. The molecule has 0 radical (unpaired) electrons. The number of hydrogen-bond donors (Lipinski definition) is 1. The topological polar surface area (TPSA) is 118 Å². The maximum absolute atomic E-state index is 13.6. The summed E-state index contributed by atoms with van der Waals surface area (Å²) in [5.41, 5.74) is 7.33. The molecule has 0 bridgehead atoms. The van der Waals surface area contributed by atoms with Crippen LogP contribution < -0.4 is 14.9 Å². The fourth-order valence-corrected chi connectivity index (χ4v) is 7.03. The number of nitrogens with zero attached hydrogens (tertiary/aromatic N) is 2. The highest BCUT2D eigenvalue weighted by atomic mass is 35.5. The Bertz CT molecular complexity index is 1480. The summed E-state index contributed by atoms with van der Waals surface area (Å²) in [7, 11) is -4.01. The molecule has 3 heterocycles. The van der Waals surface area contributed by atoms with E-state index >= 15 is 0 Å². The predicted octanol–water partition coefficient (Wildman–Crippen LogP) is 3.37. The SMILES string of the molecule is NC(=O)c1scc2c1C(=O)N(c1cc(S(=O)(=O)N3CCCc4ccccc43)ccc1Cl)C(=O)C2. The normalized spacial score (nSPS) is 15.8. The largest absolute Gasteiger partial charge is 0.365 e. The second kappa shape index (κ2) is 8.23. The van der Waals surface area contributed by atoms with E-state index in [1.807, 2.05) is 12.1 Å². The zero-order chi connectivity index (χ0) is 24.2. The number of sulfonamides is 1. The van der Waals surface area contributed by atoms with Gasteiger partial charge in [-0.15, -0.1) is 11.3 Å². The molecule has 0 unspecified atom stereocenters. The van der Waals surface area contributed by atoms with Gasteiger partial charge in [0.05, 0.1) is 33.3 Å². The van der Waals surface area contributed by atoms with Gasteiger partial charge in [-0.3, -0.25) is 18.7 Å². The van der Waals surface area contributed by atoms with Gasteiger partial charge in [0.2, 0.25) is 5.91 Å². The van der Waals surface area contributed by atoms with Crippen molar-refractivity contribution in [2.75, 3.05) is 15.7 Å². The molecule has 0 saturated heterocycles. The van der Waals surface area contributed by atoms with E-state index in [9.17, 15) is 22.8 Å². The van der Waals surface area contributed by atoms with Crippen molar-refractivity contribution in [2.45, 2.75) is 24.2 Å². The summed E-state index contributed by atoms with van der Waals surface area (Å²) in [4.78, 5) is 38.7. The second-order valence-electron chi connectivity index (χ2n) is 7.96. The van der Waals surface area contributed by atoms with Crippen molar-refractivity contribution in [3.63, 3.8) is 0 Å². The maximum atomic E-state index is 13.6. The highest BCUT2D eigenvalue weighted by Gasteiger charge is 2.38. The fraction of sp³-hybridized carbons (Fsp3) is 0.174. The Labute approximate surface area is 204 Å². The zero-order valence-corrected chi connectivity index (χ0v) is 20.0. The number of hydrogen-bond acceptors (Lipinski definition) is 6. The van der Waals surface area contributed by atoms with E-state index in [0.29, 0.717) is 24.2 Å². The van der Waals surface area contributed by atoms with Crippen LogP contribution in [-0.4, -0.2) is 32.7 Å². The van der Waals surface area contributed by atoms with Crippen LogP contribution in [0, 0.1) is 0 Å². The summed E-state index contributed by atoms with van der Waals surface area (Å²) < 4.78 is 28.5. The number of carbonyl (C=O) groups excluding carboxylic acids is 3. The number of carbonyl (C=O) groups is 3. The lowest BCUT2D eigenvalue weighted by atomic mass is 10.0. The standard InChI is InChI=1S/C23H18ClN3O5S2/c24-16-8-7-15(34(31,32)26-9-3-5-13-4-1-2-6-17(13)26)11-18(16)27-19(28)10-14-12-33-21(22(25)29)20(14)23(27)30/h1-2,4,6-8,11-12H,3,5,9-10H2,(H2,25,29). The van der Waals surface area contributed by atoms with Crippen molar-refractivity contribution in [3.8, 4) is 0 Å². The van der Waals surface area contributed by atoms with E-state index in [1.165, 1.54) is 22.5 Å². The monoisotopic (exact) mass is 515 g/mol. The third-order valence-electron chi connectivity index (χ3n) is 5.91. The van der Waals surface area contributed by atoms with Gasteiger partial charge < -0.3 is 5.73 Å². The molecule has 5 rings (SSSR count). The molecule has 11 heteroatoms. The number of anilines is 2. The molecular weight excluding hydrogens is 498 g/mol. The third kappa shape index (κ3) is 3.49. The van der Waals surface area contributed by atoms with E-state index in [1.54, 1.807) is 17.5 Å². The Balaban J connectivity index is 1.59. The first-order valence-electron chi connectivity index (χ1n) is 10.4. The lowest BCUT2D eigenvalue weighted by molar-refractivity contribution is -0.117. The van der Waals surface area contributed by atoms with E-state index in [-0.39, 0.29) is 32.5 Å². The minimum Gasteiger partial charge on any atom is -0.365 e. The molecule has 8 nitrogen and oxygen atoms in total. The van der Waals surface area contributed by atoms with Crippen molar-refractivity contribution < 1.29 is 22.8 Å². The molecule has 0 saturated carbocycles. The Morgan fingerprint density at radius 3 is 2.59 bits per heavy atom. The molecule has 34 heavy (non-hydrogen) atoms. The number of halogens is 1. The van der Waals surface area contributed by atoms with Crippen molar-refractivity contribution in [1.82, 2.24) is 0 Å². The second-order valence-corrected chi connectivity index (χ2v) is 11.1. The molecule has 1 aromatic heterocycles. The lowest BCUT2D eigenvalue weighted by Crippen LogP contribution is -2.43. The molecule has 3 amide bonds. The smallest absolute Gasteiger partial charge is 0.267 e. The Kier molecular flexibility index (Phi) is 5.46. The molecule has 2 aromatic carbocycles. The van der Waals surface area contributed by atoms with Crippen LogP contribution >= 0.6 is 22.9 Å². The number of rotatable bonds is 4. The lowest BCUT2D eigenvalue weighted by Gasteiger charge is -2.31. The molecular formula is C23H18ClN3O5S2. The van der Waals surface area contributed by atoms with Gasteiger partial charge in [0, 0.05) is 6.54 Å². The van der Waals surface area contributed by atoms with Crippen LogP contribution in [0.1, 0.15) is 37.6 Å². The molecule has 3 aromatic rings. The van der Waals surface area contributed by atoms with Gasteiger partial charge >= 0.3 is 0 Å². The molecule has 0 atom stereocenters. The van der Waals surface area contributed by atoms with E-state index in [2.05, 4.69) is 0 Å². The summed E-state index contributed by atoms with van der Waals surface area (Å²) >= 11 is 7.33. The molecule has 0 spiro atoms. The van der Waals surface area contributed by atoms with Gasteiger partial charge in [-0.2, -0.15) is 0 Å². The summed E-state index contributed by atoms with van der Waals surface area (Å²) in [6.45, 7) is 0.305. The minimum absolute atomic E-state index is 0.0269. The molecule has 2 aliphatic rings. The van der Waals surface area contributed by atoms with E-state index < -0.39 is 27.7 Å². The van der Waals surface area contributed by atoms with Crippen LogP contribution in [0.15, 0.2) is 52.7 Å². The van der Waals surface area contributed by atoms with Crippen LogP contribution in [0.3, 0.4) is 0 Å². The van der Waals surface area contributed by atoms with Gasteiger partial charge in [0.15, 0.2) is 0 Å². The highest BCUT2D eigenvalue weighted by Crippen LogP contribution is 2.38. The van der Waals surface area contributed by atoms with Crippen molar-refractivity contribution in [2.24, 2.45) is 5.73 Å². The van der Waals surface area contributed by atoms with E-state index in [0.717, 1.165) is 28.2 Å². The van der Waals surface area contributed by atoms with Crippen LogP contribution in [0.2, 0.25) is 5.02 Å². The van der Waals surface area contributed by atoms with Crippen molar-refractivity contribution >= 4 is 62.1 Å². The van der Waals surface area contributed by atoms with Gasteiger partial charge in [-0.1, -0.05) is 29.8 Å². The fourth-order valence-electron chi connectivity index (χ4n) is 4.35. The number of imide groups is 1. The van der Waals surface area contributed by atoms with Crippen LogP contribution in [0.4, 0.5) is 11.4 Å². The zero-order valence-electron chi connectivity index (χ0n) is 17.7. The number of para-hydroxylation sites is 1. The summed E-state index contributed by atoms with van der Waals surface area (Å²) in [6.07, 6.45) is 1.30. The Hall–Kier alpha value is -3.21. The number of benzene rings is 2. The molecule has 2 aliphatic heterocycles. The number of fused-ring (bicyclic) bond motifs is 2. The van der Waals surface area contributed by atoms with Crippen LogP contribution in [0.5, 0.6) is 0 Å². The summed E-state index contributed by atoms with van der Waals surface area (Å²) in [5.74, 6) is -2.12. The first-order chi connectivity index (χ1) is 16.2. The average molecular weight is 516 g/mol. The maximum Gasteiger partial charge on any atom is 0.267 e. The van der Waals surface area contributed by atoms with Gasteiger partial charge in [0.1, 0.15) is 4.88 Å². The summed E-state index contributed by atoms with van der Waals surface area (Å²) in [5, 5.41) is 1.58. The quantitative estimate of drug-likeness (QED) is 0.534. The molecule has 174 valence electrons. The Morgan fingerprint density at radius 1 is 1.06 bits per heavy atom.